The van der Waals surface area contributed by atoms with Crippen molar-refractivity contribution in [2.24, 2.45) is 0 Å². The summed E-state index contributed by atoms with van der Waals surface area (Å²) in [6.45, 7) is 8.62. The normalized spacial score (nSPS) is 11.2. The van der Waals surface area contributed by atoms with E-state index in [0.717, 1.165) is 17.3 Å². The van der Waals surface area contributed by atoms with Gasteiger partial charge in [-0.25, -0.2) is 4.98 Å². The number of hydrogen-bond acceptors (Lipinski definition) is 2. The topological polar surface area (TPSA) is 17.8 Å². The predicted molar refractivity (Wildman–Crippen MR) is 59.2 cm³/mol. The van der Waals surface area contributed by atoms with Gasteiger partial charge in [0, 0.05) is 18.0 Å². The summed E-state index contributed by atoms with van der Waals surface area (Å²) in [4.78, 5) is 4.51. The van der Waals surface area contributed by atoms with Crippen molar-refractivity contribution in [3.05, 3.63) is 17.7 Å². The zero-order valence-corrected chi connectivity index (χ0v) is 9.69. The van der Waals surface area contributed by atoms with E-state index in [1.165, 1.54) is 5.69 Å². The first kappa shape index (κ1) is 10.6. The Morgan fingerprint density at radius 1 is 1.54 bits per heavy atom. The second-order valence-corrected chi connectivity index (χ2v) is 4.69. The molecule has 0 saturated carbocycles. The van der Waals surface area contributed by atoms with Crippen molar-refractivity contribution in [3.8, 4) is 0 Å². The van der Waals surface area contributed by atoms with E-state index in [9.17, 15) is 0 Å². The van der Waals surface area contributed by atoms with E-state index in [2.05, 4.69) is 43.4 Å². The molecule has 1 aromatic heterocycles. The summed E-state index contributed by atoms with van der Waals surface area (Å²) in [5.74, 6) is 3.33. The molecule has 0 aliphatic heterocycles. The van der Waals surface area contributed by atoms with Gasteiger partial charge in [-0.15, -0.1) is 0 Å². The zero-order valence-electron chi connectivity index (χ0n) is 8.87. The first-order valence-corrected chi connectivity index (χ1v) is 5.92. The number of thioether (sulfide) groups is 1. The van der Waals surface area contributed by atoms with Crippen LogP contribution in [0.1, 0.15) is 38.3 Å². The van der Waals surface area contributed by atoms with Crippen LogP contribution >= 0.6 is 11.8 Å². The summed E-state index contributed by atoms with van der Waals surface area (Å²) >= 11 is 1.92. The van der Waals surface area contributed by atoms with E-state index >= 15 is 0 Å². The molecule has 0 amide bonds. The number of rotatable bonds is 4. The molecule has 0 spiro atoms. The van der Waals surface area contributed by atoms with Crippen LogP contribution in [-0.2, 0) is 5.75 Å². The van der Waals surface area contributed by atoms with Gasteiger partial charge >= 0.3 is 0 Å². The maximum Gasteiger partial charge on any atom is 0.106 e. The highest BCUT2D eigenvalue weighted by Crippen LogP contribution is 2.14. The summed E-state index contributed by atoms with van der Waals surface area (Å²) in [6, 6.07) is 0.521. The molecule has 0 unspecified atom stereocenters. The molecule has 2 nitrogen and oxygen atoms in total. The van der Waals surface area contributed by atoms with Crippen molar-refractivity contribution in [1.82, 2.24) is 9.55 Å². The standard InChI is InChI=1S/C10H18N2S/c1-5-13-7-10-6-12(8(2)3)9(4)11-10/h6,8H,5,7H2,1-4H3. The molecule has 0 aliphatic rings. The highest BCUT2D eigenvalue weighted by molar-refractivity contribution is 7.98. The molecule has 0 bridgehead atoms. The van der Waals surface area contributed by atoms with Crippen LogP contribution in [0.25, 0.3) is 0 Å². The van der Waals surface area contributed by atoms with Gasteiger partial charge in [0.2, 0.25) is 0 Å². The lowest BCUT2D eigenvalue weighted by atomic mass is 10.4. The molecule has 0 N–H and O–H groups in total. The fraction of sp³-hybridized carbons (Fsp3) is 0.700. The predicted octanol–water partition coefficient (Wildman–Crippen LogP) is 3.03. The van der Waals surface area contributed by atoms with E-state index < -0.39 is 0 Å². The molecule has 0 saturated heterocycles. The van der Waals surface area contributed by atoms with Crippen LogP contribution in [0.2, 0.25) is 0 Å². The number of nitrogens with zero attached hydrogens (tertiary/aromatic N) is 2. The molecule has 0 aliphatic carbocycles. The summed E-state index contributed by atoms with van der Waals surface area (Å²) in [7, 11) is 0. The van der Waals surface area contributed by atoms with Gasteiger partial charge in [0.15, 0.2) is 0 Å². The Balaban J connectivity index is 2.71. The Hall–Kier alpha value is -0.440. The highest BCUT2D eigenvalue weighted by Gasteiger charge is 2.05. The summed E-state index contributed by atoms with van der Waals surface area (Å²) < 4.78 is 2.23. The van der Waals surface area contributed by atoms with E-state index in [4.69, 9.17) is 0 Å². The van der Waals surface area contributed by atoms with Gasteiger partial charge in [0.05, 0.1) is 5.69 Å². The minimum Gasteiger partial charge on any atom is -0.332 e. The van der Waals surface area contributed by atoms with Gasteiger partial charge in [-0.3, -0.25) is 0 Å². The van der Waals surface area contributed by atoms with Crippen molar-refractivity contribution in [2.45, 2.75) is 39.5 Å². The van der Waals surface area contributed by atoms with Crippen LogP contribution in [0.15, 0.2) is 6.20 Å². The average Bonchev–Trinajstić information content (AvgIpc) is 2.43. The molecule has 74 valence electrons. The lowest BCUT2D eigenvalue weighted by Crippen LogP contribution is -2.00. The van der Waals surface area contributed by atoms with Crippen LogP contribution < -0.4 is 0 Å². The van der Waals surface area contributed by atoms with E-state index in [0.29, 0.717) is 6.04 Å². The summed E-state index contributed by atoms with van der Waals surface area (Å²) in [5.41, 5.74) is 1.21. The number of aryl methyl sites for hydroxylation is 1. The van der Waals surface area contributed by atoms with Crippen molar-refractivity contribution in [3.63, 3.8) is 0 Å². The van der Waals surface area contributed by atoms with Gasteiger partial charge in [-0.2, -0.15) is 11.8 Å². The van der Waals surface area contributed by atoms with Crippen LogP contribution in [-0.4, -0.2) is 15.3 Å². The Labute approximate surface area is 84.7 Å². The quantitative estimate of drug-likeness (QED) is 0.740. The first-order chi connectivity index (χ1) is 6.15. The Kier molecular flexibility index (Phi) is 3.85. The zero-order chi connectivity index (χ0) is 9.84. The molecule has 0 fully saturated rings. The molecule has 1 heterocycles. The maximum absolute atomic E-state index is 4.51. The average molecular weight is 198 g/mol. The molecule has 1 aromatic rings. The van der Waals surface area contributed by atoms with Crippen LogP contribution in [0.4, 0.5) is 0 Å². The van der Waals surface area contributed by atoms with E-state index in [1.807, 2.05) is 11.8 Å². The van der Waals surface area contributed by atoms with E-state index in [1.54, 1.807) is 0 Å². The van der Waals surface area contributed by atoms with Crippen molar-refractivity contribution in [1.29, 1.82) is 0 Å². The number of imidazole rings is 1. The van der Waals surface area contributed by atoms with Crippen LogP contribution in [0.5, 0.6) is 0 Å². The molecular weight excluding hydrogens is 180 g/mol. The highest BCUT2D eigenvalue weighted by atomic mass is 32.2. The van der Waals surface area contributed by atoms with E-state index in [-0.39, 0.29) is 0 Å². The second-order valence-electron chi connectivity index (χ2n) is 3.42. The van der Waals surface area contributed by atoms with Gasteiger partial charge in [0.1, 0.15) is 5.82 Å². The fourth-order valence-electron chi connectivity index (χ4n) is 1.35. The van der Waals surface area contributed by atoms with Gasteiger partial charge in [-0.1, -0.05) is 6.92 Å². The molecule has 13 heavy (non-hydrogen) atoms. The third-order valence-electron chi connectivity index (χ3n) is 1.98. The smallest absolute Gasteiger partial charge is 0.106 e. The Morgan fingerprint density at radius 2 is 2.23 bits per heavy atom. The minimum absolute atomic E-state index is 0.521. The van der Waals surface area contributed by atoms with Crippen LogP contribution in [0, 0.1) is 6.92 Å². The van der Waals surface area contributed by atoms with Gasteiger partial charge in [-0.05, 0) is 26.5 Å². The fourth-order valence-corrected chi connectivity index (χ4v) is 1.90. The first-order valence-electron chi connectivity index (χ1n) is 4.77. The van der Waals surface area contributed by atoms with Crippen molar-refractivity contribution >= 4 is 11.8 Å². The monoisotopic (exact) mass is 198 g/mol. The summed E-state index contributed by atoms with van der Waals surface area (Å²) in [6.07, 6.45) is 2.17. The van der Waals surface area contributed by atoms with Gasteiger partial charge < -0.3 is 4.57 Å². The Bertz CT molecular complexity index is 266. The summed E-state index contributed by atoms with van der Waals surface area (Å²) in [5, 5.41) is 0. The largest absolute Gasteiger partial charge is 0.332 e. The SMILES string of the molecule is CCSCc1cn(C(C)C)c(C)n1. The minimum atomic E-state index is 0.521. The molecule has 0 radical (unpaired) electrons. The molecule has 0 aromatic carbocycles. The lowest BCUT2D eigenvalue weighted by molar-refractivity contribution is 0.582. The number of aromatic nitrogens is 2. The lowest BCUT2D eigenvalue weighted by Gasteiger charge is -2.07. The number of hydrogen-bond donors (Lipinski definition) is 0. The van der Waals surface area contributed by atoms with Crippen molar-refractivity contribution < 1.29 is 0 Å². The third kappa shape index (κ3) is 2.76. The Morgan fingerprint density at radius 3 is 2.69 bits per heavy atom. The molecular formula is C10H18N2S. The van der Waals surface area contributed by atoms with Gasteiger partial charge in [0.25, 0.3) is 0 Å². The third-order valence-corrected chi connectivity index (χ3v) is 2.89. The molecule has 0 atom stereocenters. The second kappa shape index (κ2) is 4.70. The van der Waals surface area contributed by atoms with Crippen LogP contribution in [0.3, 0.4) is 0 Å². The van der Waals surface area contributed by atoms with Crippen molar-refractivity contribution in [2.75, 3.05) is 5.75 Å². The maximum atomic E-state index is 4.51. The molecule has 1 rings (SSSR count). The molecule has 3 heteroatoms.